The Morgan fingerprint density at radius 1 is 1.25 bits per heavy atom. The minimum atomic E-state index is 0.408. The summed E-state index contributed by atoms with van der Waals surface area (Å²) in [4.78, 5) is 0. The lowest BCUT2D eigenvalue weighted by Gasteiger charge is -2.05. The van der Waals surface area contributed by atoms with Crippen molar-refractivity contribution in [3.8, 4) is 5.75 Å². The first-order valence-corrected chi connectivity index (χ1v) is 7.12. The summed E-state index contributed by atoms with van der Waals surface area (Å²) < 4.78 is 10.9. The van der Waals surface area contributed by atoms with E-state index in [1.807, 2.05) is 25.2 Å². The first kappa shape index (κ1) is 14.6. The number of nitrogens with zero attached hydrogens (tertiary/aromatic N) is 1. The summed E-state index contributed by atoms with van der Waals surface area (Å²) in [5.74, 6) is 1.60. The van der Waals surface area contributed by atoms with E-state index >= 15 is 0 Å². The summed E-state index contributed by atoms with van der Waals surface area (Å²) in [6.07, 6.45) is 3.58. The molecule has 0 bridgehead atoms. The van der Waals surface area contributed by atoms with Crippen LogP contribution in [-0.4, -0.2) is 12.2 Å². The Balaban J connectivity index is 1.83. The molecule has 4 heteroatoms. The summed E-state index contributed by atoms with van der Waals surface area (Å²) in [7, 11) is 1.88. The first-order valence-electron chi connectivity index (χ1n) is 7.12. The molecule has 0 saturated carbocycles. The van der Waals surface area contributed by atoms with Crippen LogP contribution < -0.4 is 10.1 Å². The number of rotatable bonds is 8. The lowest BCUT2D eigenvalue weighted by Crippen LogP contribution is -2.04. The van der Waals surface area contributed by atoms with Crippen molar-refractivity contribution in [2.45, 2.75) is 39.3 Å². The van der Waals surface area contributed by atoms with Crippen molar-refractivity contribution in [1.29, 1.82) is 0 Å². The summed E-state index contributed by atoms with van der Waals surface area (Å²) in [5.41, 5.74) is 2.25. The highest BCUT2D eigenvalue weighted by molar-refractivity contribution is 5.27. The Morgan fingerprint density at radius 3 is 2.75 bits per heavy atom. The standard InChI is InChI=1S/C16H22N2O2/c1-3-4-5-13-6-8-15(9-7-13)19-12-16-10-14(11-17-2)18-20-16/h6-10,17H,3-5,11-12H2,1-2H3. The van der Waals surface area contributed by atoms with Crippen LogP contribution in [0.2, 0.25) is 0 Å². The molecule has 0 spiro atoms. The molecule has 108 valence electrons. The molecule has 0 unspecified atom stereocenters. The number of hydrogen-bond donors (Lipinski definition) is 1. The Labute approximate surface area is 120 Å². The average molecular weight is 274 g/mol. The lowest BCUT2D eigenvalue weighted by molar-refractivity contribution is 0.248. The van der Waals surface area contributed by atoms with Crippen LogP contribution in [-0.2, 0) is 19.6 Å². The van der Waals surface area contributed by atoms with Gasteiger partial charge in [0, 0.05) is 12.6 Å². The topological polar surface area (TPSA) is 47.3 Å². The number of unbranched alkanes of at least 4 members (excludes halogenated alkanes) is 1. The van der Waals surface area contributed by atoms with E-state index in [0.717, 1.165) is 23.6 Å². The highest BCUT2D eigenvalue weighted by Gasteiger charge is 2.04. The fraction of sp³-hybridized carbons (Fsp3) is 0.438. The maximum absolute atomic E-state index is 5.69. The molecule has 0 aliphatic heterocycles. The second kappa shape index (κ2) is 7.70. The smallest absolute Gasteiger partial charge is 0.174 e. The van der Waals surface area contributed by atoms with Gasteiger partial charge < -0.3 is 14.6 Å². The van der Waals surface area contributed by atoms with Gasteiger partial charge in [0.2, 0.25) is 0 Å². The highest BCUT2D eigenvalue weighted by atomic mass is 16.5. The van der Waals surface area contributed by atoms with Crippen molar-refractivity contribution in [1.82, 2.24) is 10.5 Å². The van der Waals surface area contributed by atoms with Crippen LogP contribution in [0.1, 0.15) is 36.8 Å². The summed E-state index contributed by atoms with van der Waals surface area (Å²) >= 11 is 0. The third kappa shape index (κ3) is 4.38. The second-order valence-corrected chi connectivity index (χ2v) is 4.85. The fourth-order valence-corrected chi connectivity index (χ4v) is 1.98. The van der Waals surface area contributed by atoms with Gasteiger partial charge in [0.05, 0.1) is 5.69 Å². The maximum Gasteiger partial charge on any atom is 0.174 e. The van der Waals surface area contributed by atoms with E-state index in [-0.39, 0.29) is 0 Å². The van der Waals surface area contributed by atoms with Gasteiger partial charge in [0.15, 0.2) is 5.76 Å². The molecule has 2 rings (SSSR count). The predicted octanol–water partition coefficient (Wildman–Crippen LogP) is 3.32. The quantitative estimate of drug-likeness (QED) is 0.802. The van der Waals surface area contributed by atoms with E-state index in [1.165, 1.54) is 18.4 Å². The van der Waals surface area contributed by atoms with E-state index in [1.54, 1.807) is 0 Å². The zero-order chi connectivity index (χ0) is 14.2. The lowest BCUT2D eigenvalue weighted by atomic mass is 10.1. The molecule has 0 aliphatic carbocycles. The predicted molar refractivity (Wildman–Crippen MR) is 78.7 cm³/mol. The minimum absolute atomic E-state index is 0.408. The second-order valence-electron chi connectivity index (χ2n) is 4.85. The Bertz CT molecular complexity index is 505. The molecule has 0 fully saturated rings. The van der Waals surface area contributed by atoms with Gasteiger partial charge in [-0.05, 0) is 37.6 Å². The van der Waals surface area contributed by atoms with Crippen molar-refractivity contribution in [2.75, 3.05) is 7.05 Å². The van der Waals surface area contributed by atoms with Crippen LogP contribution in [0.15, 0.2) is 34.9 Å². The Kier molecular flexibility index (Phi) is 5.62. The molecule has 0 radical (unpaired) electrons. The zero-order valence-electron chi connectivity index (χ0n) is 12.2. The van der Waals surface area contributed by atoms with Gasteiger partial charge >= 0.3 is 0 Å². The Hall–Kier alpha value is -1.81. The van der Waals surface area contributed by atoms with E-state index < -0.39 is 0 Å². The van der Waals surface area contributed by atoms with Crippen LogP contribution >= 0.6 is 0 Å². The zero-order valence-corrected chi connectivity index (χ0v) is 12.2. The van der Waals surface area contributed by atoms with E-state index in [4.69, 9.17) is 9.26 Å². The van der Waals surface area contributed by atoms with Crippen molar-refractivity contribution in [3.05, 3.63) is 47.3 Å². The summed E-state index contributed by atoms with van der Waals surface area (Å²) in [6, 6.07) is 10.2. The first-order chi connectivity index (χ1) is 9.81. The molecular formula is C16H22N2O2. The molecular weight excluding hydrogens is 252 g/mol. The SMILES string of the molecule is CCCCc1ccc(OCc2cc(CNC)no2)cc1. The Morgan fingerprint density at radius 2 is 2.05 bits per heavy atom. The molecule has 2 aromatic rings. The van der Waals surface area contributed by atoms with Gasteiger partial charge in [-0.25, -0.2) is 0 Å². The summed E-state index contributed by atoms with van der Waals surface area (Å²) in [6.45, 7) is 3.32. The van der Waals surface area contributed by atoms with E-state index in [0.29, 0.717) is 13.2 Å². The third-order valence-electron chi connectivity index (χ3n) is 3.09. The molecule has 0 amide bonds. The van der Waals surface area contributed by atoms with Gasteiger partial charge in [-0.1, -0.05) is 30.6 Å². The maximum atomic E-state index is 5.69. The van der Waals surface area contributed by atoms with Gasteiger partial charge in [0.25, 0.3) is 0 Å². The molecule has 1 N–H and O–H groups in total. The van der Waals surface area contributed by atoms with Crippen molar-refractivity contribution < 1.29 is 9.26 Å². The molecule has 4 nitrogen and oxygen atoms in total. The van der Waals surface area contributed by atoms with Crippen LogP contribution in [0.25, 0.3) is 0 Å². The minimum Gasteiger partial charge on any atom is -0.486 e. The molecule has 1 aromatic carbocycles. The van der Waals surface area contributed by atoms with Crippen LogP contribution in [0.4, 0.5) is 0 Å². The number of ether oxygens (including phenoxy) is 1. The molecule has 20 heavy (non-hydrogen) atoms. The normalized spacial score (nSPS) is 10.7. The van der Waals surface area contributed by atoms with Gasteiger partial charge in [-0.2, -0.15) is 0 Å². The monoisotopic (exact) mass is 274 g/mol. The van der Waals surface area contributed by atoms with Crippen molar-refractivity contribution in [3.63, 3.8) is 0 Å². The molecule has 0 atom stereocenters. The number of aryl methyl sites for hydroxylation is 1. The number of hydrogen-bond acceptors (Lipinski definition) is 4. The molecule has 1 heterocycles. The van der Waals surface area contributed by atoms with Gasteiger partial charge in [0.1, 0.15) is 12.4 Å². The third-order valence-corrected chi connectivity index (χ3v) is 3.09. The number of benzene rings is 1. The highest BCUT2D eigenvalue weighted by Crippen LogP contribution is 2.16. The molecule has 0 aliphatic rings. The van der Waals surface area contributed by atoms with Crippen LogP contribution in [0.3, 0.4) is 0 Å². The molecule has 0 saturated heterocycles. The molecule has 1 aromatic heterocycles. The van der Waals surface area contributed by atoms with Crippen LogP contribution in [0.5, 0.6) is 5.75 Å². The fourth-order valence-electron chi connectivity index (χ4n) is 1.98. The van der Waals surface area contributed by atoms with Crippen molar-refractivity contribution in [2.24, 2.45) is 0 Å². The summed E-state index contributed by atoms with van der Waals surface area (Å²) in [5, 5.41) is 6.98. The van der Waals surface area contributed by atoms with Gasteiger partial charge in [-0.3, -0.25) is 0 Å². The average Bonchev–Trinajstić information content (AvgIpc) is 2.92. The number of aromatic nitrogens is 1. The van der Waals surface area contributed by atoms with E-state index in [2.05, 4.69) is 29.5 Å². The van der Waals surface area contributed by atoms with Crippen LogP contribution in [0, 0.1) is 0 Å². The number of nitrogens with one attached hydrogen (secondary N) is 1. The van der Waals surface area contributed by atoms with Crippen molar-refractivity contribution >= 4 is 0 Å². The van der Waals surface area contributed by atoms with Gasteiger partial charge in [-0.15, -0.1) is 0 Å². The largest absolute Gasteiger partial charge is 0.486 e. The van der Waals surface area contributed by atoms with E-state index in [9.17, 15) is 0 Å².